The molecule has 4 nitrogen and oxygen atoms in total. The van der Waals surface area contributed by atoms with E-state index >= 15 is 4.39 Å². The van der Waals surface area contributed by atoms with E-state index in [1.807, 2.05) is 6.07 Å². The van der Waals surface area contributed by atoms with E-state index in [2.05, 4.69) is 5.10 Å². The van der Waals surface area contributed by atoms with Crippen LogP contribution in [0.5, 0.6) is 0 Å². The van der Waals surface area contributed by atoms with Gasteiger partial charge in [-0.3, -0.25) is 4.68 Å². The van der Waals surface area contributed by atoms with Crippen molar-refractivity contribution in [2.45, 2.75) is 39.5 Å². The minimum Gasteiger partial charge on any atom is -0.268 e. The molecule has 164 valence electrons. The third-order valence-electron chi connectivity index (χ3n) is 5.55. The smallest absolute Gasteiger partial charge is 0.156 e. The van der Waals surface area contributed by atoms with Crippen LogP contribution < -0.4 is 0 Å². The lowest BCUT2D eigenvalue weighted by molar-refractivity contribution is 0.183. The maximum Gasteiger partial charge on any atom is 0.156 e. The predicted octanol–water partition coefficient (Wildman–Crippen LogP) is 5.68. The van der Waals surface area contributed by atoms with E-state index < -0.39 is 24.0 Å². The lowest BCUT2D eigenvalue weighted by atomic mass is 9.87. The van der Waals surface area contributed by atoms with Crippen LogP contribution in [0.1, 0.15) is 52.0 Å². The minimum absolute atomic E-state index is 0.0572. The molecule has 0 N–H and O–H groups in total. The average Bonchev–Trinajstić information content (AvgIpc) is 3.07. The molecule has 3 rings (SSSR count). The molecular formula is C24H20F4N4. The van der Waals surface area contributed by atoms with Crippen molar-refractivity contribution in [3.63, 3.8) is 0 Å². The largest absolute Gasteiger partial charge is 0.268 e. The van der Waals surface area contributed by atoms with E-state index in [0.717, 1.165) is 19.1 Å². The molecule has 32 heavy (non-hydrogen) atoms. The van der Waals surface area contributed by atoms with Crippen LogP contribution in [0.25, 0.3) is 11.3 Å². The van der Waals surface area contributed by atoms with Crippen LogP contribution in [-0.2, 0) is 13.5 Å². The summed E-state index contributed by atoms with van der Waals surface area (Å²) in [6.45, 7) is 4.35. The Bertz CT molecular complexity index is 1260. The van der Waals surface area contributed by atoms with Crippen LogP contribution in [0.2, 0.25) is 0 Å². The normalized spacial score (nSPS) is 12.8. The van der Waals surface area contributed by atoms with Gasteiger partial charge in [0.1, 0.15) is 23.9 Å². The van der Waals surface area contributed by atoms with Crippen LogP contribution >= 0.6 is 0 Å². The summed E-state index contributed by atoms with van der Waals surface area (Å²) in [5.41, 5.74) is 1.61. The number of alkyl halides is 2. The summed E-state index contributed by atoms with van der Waals surface area (Å²) >= 11 is 0. The molecular weight excluding hydrogens is 420 g/mol. The quantitative estimate of drug-likeness (QED) is 0.479. The number of halogens is 4. The molecule has 0 saturated heterocycles. The number of benzene rings is 2. The van der Waals surface area contributed by atoms with E-state index in [1.54, 1.807) is 33.2 Å². The van der Waals surface area contributed by atoms with Crippen LogP contribution in [-0.4, -0.2) is 16.0 Å². The Morgan fingerprint density at radius 3 is 2.31 bits per heavy atom. The van der Waals surface area contributed by atoms with E-state index in [9.17, 15) is 23.7 Å². The van der Waals surface area contributed by atoms with Crippen molar-refractivity contribution in [1.82, 2.24) is 9.78 Å². The van der Waals surface area contributed by atoms with Gasteiger partial charge in [0, 0.05) is 7.05 Å². The van der Waals surface area contributed by atoms with Gasteiger partial charge in [-0.2, -0.15) is 15.6 Å². The molecule has 0 bridgehead atoms. The van der Waals surface area contributed by atoms with Gasteiger partial charge in [0.25, 0.3) is 0 Å². The topological polar surface area (TPSA) is 65.4 Å². The first kappa shape index (κ1) is 23.0. The Morgan fingerprint density at radius 2 is 1.78 bits per heavy atom. The number of nitrogens with zero attached hydrogens (tertiary/aromatic N) is 4. The second kappa shape index (κ2) is 8.84. The van der Waals surface area contributed by atoms with Crippen LogP contribution in [0.15, 0.2) is 24.4 Å². The van der Waals surface area contributed by atoms with Crippen molar-refractivity contribution in [3.05, 3.63) is 75.0 Å². The zero-order valence-corrected chi connectivity index (χ0v) is 18.0. The van der Waals surface area contributed by atoms with Gasteiger partial charge in [-0.1, -0.05) is 0 Å². The summed E-state index contributed by atoms with van der Waals surface area (Å²) in [6.07, 6.45) is -2.72. The fourth-order valence-electron chi connectivity index (χ4n) is 3.90. The first-order valence-electron chi connectivity index (χ1n) is 9.82. The summed E-state index contributed by atoms with van der Waals surface area (Å²) in [6, 6.07) is 6.81. The summed E-state index contributed by atoms with van der Waals surface area (Å²) in [5.74, 6) is -1.56. The molecule has 1 heterocycles. The van der Waals surface area contributed by atoms with Crippen LogP contribution in [0, 0.1) is 48.1 Å². The molecule has 0 aliphatic heterocycles. The van der Waals surface area contributed by atoms with Crippen LogP contribution in [0.3, 0.4) is 0 Å². The maximum absolute atomic E-state index is 15.3. The van der Waals surface area contributed by atoms with Gasteiger partial charge in [-0.05, 0) is 73.2 Å². The van der Waals surface area contributed by atoms with Crippen molar-refractivity contribution in [3.8, 4) is 23.4 Å². The molecule has 0 fully saturated rings. The number of hydrogen-bond donors (Lipinski definition) is 0. The second-order valence-electron chi connectivity index (χ2n) is 7.69. The molecule has 1 aromatic heterocycles. The Morgan fingerprint density at radius 1 is 1.09 bits per heavy atom. The molecule has 2 atom stereocenters. The molecule has 0 amide bonds. The number of aryl methyl sites for hydroxylation is 2. The van der Waals surface area contributed by atoms with E-state index in [0.29, 0.717) is 22.4 Å². The number of aromatic nitrogens is 2. The zero-order chi connectivity index (χ0) is 23.7. The predicted molar refractivity (Wildman–Crippen MR) is 111 cm³/mol. The molecule has 0 saturated carbocycles. The molecule has 8 heteroatoms. The number of nitriles is 2. The summed E-state index contributed by atoms with van der Waals surface area (Å²) < 4.78 is 59.0. The summed E-state index contributed by atoms with van der Waals surface area (Å²) in [5, 5.41) is 23.3. The SMILES string of the molecule is Cc1cnn(C)c1-c1c(F)cc(Cc2c(C#N)cc(F)cc2C(F)C(C)F)c(C)c1C#N. The van der Waals surface area contributed by atoms with Gasteiger partial charge >= 0.3 is 0 Å². The molecule has 0 spiro atoms. The minimum atomic E-state index is -2.16. The average molecular weight is 440 g/mol. The van der Waals surface area contributed by atoms with E-state index in [1.165, 1.54) is 10.7 Å². The van der Waals surface area contributed by atoms with Crippen molar-refractivity contribution in [1.29, 1.82) is 10.5 Å². The van der Waals surface area contributed by atoms with Gasteiger partial charge in [0.05, 0.1) is 34.7 Å². The summed E-state index contributed by atoms with van der Waals surface area (Å²) in [4.78, 5) is 0. The van der Waals surface area contributed by atoms with Crippen molar-refractivity contribution in [2.75, 3.05) is 0 Å². The molecule has 3 aromatic rings. The first-order valence-corrected chi connectivity index (χ1v) is 9.82. The zero-order valence-electron chi connectivity index (χ0n) is 18.0. The lowest BCUT2D eigenvalue weighted by Crippen LogP contribution is -2.11. The molecule has 0 radical (unpaired) electrons. The highest BCUT2D eigenvalue weighted by Gasteiger charge is 2.26. The molecule has 2 aromatic carbocycles. The first-order chi connectivity index (χ1) is 15.1. The van der Waals surface area contributed by atoms with Gasteiger partial charge in [-0.25, -0.2) is 17.6 Å². The molecule has 0 aliphatic rings. The number of rotatable bonds is 5. The van der Waals surface area contributed by atoms with Crippen molar-refractivity contribution in [2.24, 2.45) is 7.05 Å². The summed E-state index contributed by atoms with van der Waals surface area (Å²) in [7, 11) is 1.63. The van der Waals surface area contributed by atoms with Crippen LogP contribution in [0.4, 0.5) is 17.6 Å². The monoisotopic (exact) mass is 440 g/mol. The number of hydrogen-bond acceptors (Lipinski definition) is 3. The Labute approximate surface area is 183 Å². The Kier molecular flexibility index (Phi) is 6.36. The van der Waals surface area contributed by atoms with Gasteiger partial charge in [0.15, 0.2) is 6.17 Å². The second-order valence-corrected chi connectivity index (χ2v) is 7.69. The Balaban J connectivity index is 2.24. The Hall–Kier alpha value is -3.65. The molecule has 2 unspecified atom stereocenters. The van der Waals surface area contributed by atoms with E-state index in [-0.39, 0.29) is 34.2 Å². The fourth-order valence-corrected chi connectivity index (χ4v) is 3.90. The highest BCUT2D eigenvalue weighted by molar-refractivity contribution is 5.73. The van der Waals surface area contributed by atoms with E-state index in [4.69, 9.17) is 0 Å². The fraction of sp³-hybridized carbons (Fsp3) is 0.292. The van der Waals surface area contributed by atoms with Crippen molar-refractivity contribution >= 4 is 0 Å². The highest BCUT2D eigenvalue weighted by atomic mass is 19.2. The lowest BCUT2D eigenvalue weighted by Gasteiger charge is -2.19. The van der Waals surface area contributed by atoms with Crippen molar-refractivity contribution < 1.29 is 17.6 Å². The van der Waals surface area contributed by atoms with Gasteiger partial charge < -0.3 is 0 Å². The highest BCUT2D eigenvalue weighted by Crippen LogP contribution is 2.36. The molecule has 0 aliphatic carbocycles. The third-order valence-corrected chi connectivity index (χ3v) is 5.55. The standard InChI is InChI=1S/C24H20F4N4/c1-12-11-31-32(4)24(12)22-20(10-30)13(2)15(7-21(22)27)6-18-16(9-29)5-17(26)8-19(18)23(28)14(3)25/h5,7-8,11,14,23H,6H2,1-4H3. The maximum atomic E-state index is 15.3. The van der Waals surface area contributed by atoms with Gasteiger partial charge in [-0.15, -0.1) is 0 Å². The third kappa shape index (κ3) is 3.97. The van der Waals surface area contributed by atoms with Gasteiger partial charge in [0.2, 0.25) is 0 Å².